The molecule has 1 aliphatic heterocycles. The Morgan fingerprint density at radius 1 is 1.12 bits per heavy atom. The lowest BCUT2D eigenvalue weighted by molar-refractivity contribution is -0.157. The maximum absolute atomic E-state index is 13.6. The van der Waals surface area contributed by atoms with Gasteiger partial charge in [-0.15, -0.1) is 0 Å². The maximum Gasteiger partial charge on any atom is 0.308 e. The number of rotatable bonds is 8. The van der Waals surface area contributed by atoms with Gasteiger partial charge in [0.2, 0.25) is 0 Å². The zero-order valence-corrected chi connectivity index (χ0v) is 20.6. The normalized spacial score (nSPS) is 20.0. The van der Waals surface area contributed by atoms with Crippen LogP contribution in [0.15, 0.2) is 60.7 Å². The van der Waals surface area contributed by atoms with Gasteiger partial charge < -0.3 is 19.8 Å². The van der Waals surface area contributed by atoms with Crippen molar-refractivity contribution in [2.24, 2.45) is 0 Å². The first kappa shape index (κ1) is 25.9. The molecule has 3 rings (SSSR count). The molecule has 4 unspecified atom stereocenters. The molecular weight excluding hydrogens is 433 g/mol. The van der Waals surface area contributed by atoms with Crippen molar-refractivity contribution in [3.05, 3.63) is 77.6 Å². The van der Waals surface area contributed by atoms with E-state index < -0.39 is 23.8 Å². The molecule has 0 saturated heterocycles. The van der Waals surface area contributed by atoms with Crippen molar-refractivity contribution in [3.8, 4) is 0 Å². The fourth-order valence-electron chi connectivity index (χ4n) is 4.62. The van der Waals surface area contributed by atoms with Gasteiger partial charge >= 0.3 is 5.97 Å². The third kappa shape index (κ3) is 6.45. The average molecular weight is 470 g/mol. The number of para-hydroxylation sites is 1. The summed E-state index contributed by atoms with van der Waals surface area (Å²) in [6.45, 7) is 9.54. The number of aliphatic hydroxyl groups is 2. The zero-order chi connectivity index (χ0) is 25.0. The van der Waals surface area contributed by atoms with Crippen molar-refractivity contribution in [2.75, 3.05) is 4.90 Å². The van der Waals surface area contributed by atoms with Gasteiger partial charge in [-0.05, 0) is 63.9 Å². The van der Waals surface area contributed by atoms with Gasteiger partial charge in [-0.3, -0.25) is 4.79 Å². The van der Waals surface area contributed by atoms with Crippen molar-refractivity contribution in [3.63, 3.8) is 0 Å². The lowest BCUT2D eigenvalue weighted by atomic mass is 9.87. The lowest BCUT2D eigenvalue weighted by Crippen LogP contribution is -2.38. The van der Waals surface area contributed by atoms with Crippen LogP contribution in [0.4, 0.5) is 10.1 Å². The van der Waals surface area contributed by atoms with Crippen LogP contribution in [0.25, 0.3) is 0 Å². The number of ether oxygens (including phenoxy) is 1. The molecule has 34 heavy (non-hydrogen) atoms. The van der Waals surface area contributed by atoms with Gasteiger partial charge in [-0.1, -0.05) is 42.5 Å². The van der Waals surface area contributed by atoms with Crippen LogP contribution in [0.3, 0.4) is 0 Å². The minimum Gasteiger partial charge on any atom is -0.460 e. The Bertz CT molecular complexity index is 996. The van der Waals surface area contributed by atoms with E-state index in [0.29, 0.717) is 0 Å². The van der Waals surface area contributed by atoms with Crippen molar-refractivity contribution >= 4 is 11.7 Å². The molecule has 1 aliphatic rings. The first-order valence-corrected chi connectivity index (χ1v) is 11.9. The number of halogens is 1. The summed E-state index contributed by atoms with van der Waals surface area (Å²) in [5, 5.41) is 20.9. The SMILES string of the molecule is CC(C)N1c2ccccc2C(c2ccc(F)cc2)C1C=CC(O)CC(O)CC(=O)OC(C)(C)C. The molecule has 184 valence electrons. The molecule has 1 heterocycles. The van der Waals surface area contributed by atoms with E-state index >= 15 is 0 Å². The highest BCUT2D eigenvalue weighted by Gasteiger charge is 2.39. The number of carbonyl (C=O) groups is 1. The summed E-state index contributed by atoms with van der Waals surface area (Å²) >= 11 is 0. The molecule has 6 heteroatoms. The molecule has 0 saturated carbocycles. The van der Waals surface area contributed by atoms with Crippen LogP contribution in [0, 0.1) is 5.82 Å². The third-order valence-corrected chi connectivity index (χ3v) is 5.86. The van der Waals surface area contributed by atoms with Crippen LogP contribution in [-0.2, 0) is 9.53 Å². The van der Waals surface area contributed by atoms with Crippen molar-refractivity contribution < 1.29 is 24.1 Å². The highest BCUT2D eigenvalue weighted by Crippen LogP contribution is 2.46. The second-order valence-corrected chi connectivity index (χ2v) is 10.2. The second-order valence-electron chi connectivity index (χ2n) is 10.2. The summed E-state index contributed by atoms with van der Waals surface area (Å²) in [6, 6.07) is 14.8. The molecule has 5 nitrogen and oxygen atoms in total. The highest BCUT2D eigenvalue weighted by molar-refractivity contribution is 5.70. The molecule has 0 aliphatic carbocycles. The first-order valence-electron chi connectivity index (χ1n) is 11.9. The van der Waals surface area contributed by atoms with Gasteiger partial charge in [0.1, 0.15) is 11.4 Å². The van der Waals surface area contributed by atoms with E-state index in [2.05, 4.69) is 30.9 Å². The number of hydrogen-bond acceptors (Lipinski definition) is 5. The molecule has 2 N–H and O–H groups in total. The smallest absolute Gasteiger partial charge is 0.308 e. The molecule has 0 radical (unpaired) electrons. The molecule has 0 bridgehead atoms. The van der Waals surface area contributed by atoms with E-state index in [1.54, 1.807) is 26.8 Å². The van der Waals surface area contributed by atoms with Gasteiger partial charge in [0.25, 0.3) is 0 Å². The third-order valence-electron chi connectivity index (χ3n) is 5.86. The Labute approximate surface area is 201 Å². The molecule has 2 aromatic carbocycles. The highest BCUT2D eigenvalue weighted by atomic mass is 19.1. The van der Waals surface area contributed by atoms with Crippen LogP contribution in [0.2, 0.25) is 0 Å². The summed E-state index contributed by atoms with van der Waals surface area (Å²) in [7, 11) is 0. The molecule has 0 amide bonds. The molecule has 0 fully saturated rings. The standard InChI is InChI=1S/C28H36FNO4/c1-18(2)30-24-9-7-6-8-23(24)27(19-10-12-20(29)13-11-19)25(30)15-14-21(31)16-22(32)17-26(33)34-28(3,4)5/h6-15,18,21-22,25,27,31-32H,16-17H2,1-5H3. The van der Waals surface area contributed by atoms with Crippen molar-refractivity contribution in [1.29, 1.82) is 0 Å². The Kier molecular flexibility index (Phi) is 8.16. The number of anilines is 1. The quantitative estimate of drug-likeness (QED) is 0.423. The van der Waals surface area contributed by atoms with E-state index in [0.717, 1.165) is 16.8 Å². The number of aliphatic hydroxyl groups excluding tert-OH is 2. The maximum atomic E-state index is 13.6. The summed E-state index contributed by atoms with van der Waals surface area (Å²) in [5.74, 6) is -0.809. The van der Waals surface area contributed by atoms with Crippen LogP contribution >= 0.6 is 0 Å². The minimum atomic E-state index is -1.01. The Morgan fingerprint density at radius 3 is 2.38 bits per heavy atom. The zero-order valence-electron chi connectivity index (χ0n) is 20.6. The fourth-order valence-corrected chi connectivity index (χ4v) is 4.62. The monoisotopic (exact) mass is 469 g/mol. The minimum absolute atomic E-state index is 0.0261. The number of nitrogens with zero attached hydrogens (tertiary/aromatic N) is 1. The lowest BCUT2D eigenvalue weighted by Gasteiger charge is -2.32. The predicted octanol–water partition coefficient (Wildman–Crippen LogP) is 4.95. The topological polar surface area (TPSA) is 70.0 Å². The van der Waals surface area contributed by atoms with E-state index in [1.807, 2.05) is 30.3 Å². The summed E-state index contributed by atoms with van der Waals surface area (Å²) in [5.41, 5.74) is 2.63. The van der Waals surface area contributed by atoms with Gasteiger partial charge in [0.05, 0.1) is 24.7 Å². The average Bonchev–Trinajstić information content (AvgIpc) is 3.05. The summed E-state index contributed by atoms with van der Waals surface area (Å²) in [6.07, 6.45) is 1.55. The van der Waals surface area contributed by atoms with Gasteiger partial charge in [0, 0.05) is 24.1 Å². The van der Waals surface area contributed by atoms with Gasteiger partial charge in [0.15, 0.2) is 0 Å². The van der Waals surface area contributed by atoms with Crippen molar-refractivity contribution in [1.82, 2.24) is 0 Å². The largest absolute Gasteiger partial charge is 0.460 e. The number of benzene rings is 2. The van der Waals surface area contributed by atoms with E-state index in [4.69, 9.17) is 4.74 Å². The Hall–Kier alpha value is -2.70. The van der Waals surface area contributed by atoms with E-state index in [9.17, 15) is 19.4 Å². The molecular formula is C28H36FNO4. The van der Waals surface area contributed by atoms with Crippen LogP contribution in [0.1, 0.15) is 64.5 Å². The predicted molar refractivity (Wildman–Crippen MR) is 132 cm³/mol. The fraction of sp³-hybridized carbons (Fsp3) is 0.464. The number of carbonyl (C=O) groups excluding carboxylic acids is 1. The van der Waals surface area contributed by atoms with Crippen LogP contribution in [-0.4, -0.2) is 46.1 Å². The number of esters is 1. The van der Waals surface area contributed by atoms with Crippen LogP contribution in [0.5, 0.6) is 0 Å². The first-order chi connectivity index (χ1) is 16.0. The Morgan fingerprint density at radius 2 is 1.76 bits per heavy atom. The summed E-state index contributed by atoms with van der Waals surface area (Å²) in [4.78, 5) is 14.3. The van der Waals surface area contributed by atoms with Crippen molar-refractivity contribution in [2.45, 2.75) is 83.3 Å². The molecule has 4 atom stereocenters. The van der Waals surface area contributed by atoms with E-state index in [-0.39, 0.29) is 36.7 Å². The van der Waals surface area contributed by atoms with E-state index in [1.165, 1.54) is 12.1 Å². The van der Waals surface area contributed by atoms with Crippen LogP contribution < -0.4 is 4.90 Å². The molecule has 0 spiro atoms. The van der Waals surface area contributed by atoms with Gasteiger partial charge in [-0.25, -0.2) is 4.39 Å². The molecule has 0 aromatic heterocycles. The molecule has 2 aromatic rings. The number of hydrogen-bond donors (Lipinski definition) is 2. The van der Waals surface area contributed by atoms with Gasteiger partial charge in [-0.2, -0.15) is 0 Å². The summed E-state index contributed by atoms with van der Waals surface area (Å²) < 4.78 is 18.9. The Balaban J connectivity index is 1.80. The number of fused-ring (bicyclic) bond motifs is 1. The second kappa shape index (κ2) is 10.7.